The van der Waals surface area contributed by atoms with Crippen LogP contribution in [-0.4, -0.2) is 75.6 Å². The minimum absolute atomic E-state index is 0.150. The van der Waals surface area contributed by atoms with Crippen molar-refractivity contribution in [3.63, 3.8) is 0 Å². The number of aryl methyl sites for hydroxylation is 2. The molecule has 11 nitrogen and oxygen atoms in total. The average Bonchev–Trinajstić information content (AvgIpc) is 3.66. The van der Waals surface area contributed by atoms with Gasteiger partial charge in [0, 0.05) is 19.3 Å². The first kappa shape index (κ1) is 23.4. The first-order chi connectivity index (χ1) is 18.1. The van der Waals surface area contributed by atoms with Crippen LogP contribution in [0.2, 0.25) is 0 Å². The second kappa shape index (κ2) is 9.81. The predicted molar refractivity (Wildman–Crippen MR) is 131 cm³/mol. The number of carbonyl (C=O) groups excluding carboxylic acids is 2. The third-order valence-corrected chi connectivity index (χ3v) is 7.11. The van der Waals surface area contributed by atoms with E-state index in [1.807, 2.05) is 12.1 Å². The normalized spacial score (nSPS) is 21.2. The van der Waals surface area contributed by atoms with E-state index in [-0.39, 0.29) is 30.7 Å². The van der Waals surface area contributed by atoms with Crippen LogP contribution in [0.5, 0.6) is 11.5 Å². The van der Waals surface area contributed by atoms with Gasteiger partial charge in [-0.25, -0.2) is 9.67 Å². The minimum atomic E-state index is -0.454. The summed E-state index contributed by atoms with van der Waals surface area (Å²) >= 11 is 0. The quantitative estimate of drug-likeness (QED) is 0.556. The Morgan fingerprint density at radius 2 is 2.08 bits per heavy atom. The molecule has 2 aliphatic heterocycles. The number of hydrogen-bond donors (Lipinski definition) is 1. The molecule has 1 fully saturated rings. The number of ether oxygens (including phenoxy) is 3. The highest BCUT2D eigenvalue weighted by Gasteiger charge is 2.39. The van der Waals surface area contributed by atoms with E-state index in [1.165, 1.54) is 11.1 Å². The molecule has 0 radical (unpaired) electrons. The van der Waals surface area contributed by atoms with Crippen LogP contribution in [0.1, 0.15) is 44.1 Å². The SMILES string of the molecule is COc1cc2c(cc1C(=O)N1C[C@@H]3NC(=O)c4ncccc4OCCn4cc(nn4)CO[C@H]3C1)CCC2. The van der Waals surface area contributed by atoms with E-state index in [1.54, 1.807) is 41.2 Å². The van der Waals surface area contributed by atoms with Crippen LogP contribution in [0, 0.1) is 0 Å². The summed E-state index contributed by atoms with van der Waals surface area (Å²) in [6.07, 6.45) is 5.94. The molecule has 0 spiro atoms. The molecule has 1 saturated heterocycles. The van der Waals surface area contributed by atoms with Crippen molar-refractivity contribution in [1.82, 2.24) is 30.2 Å². The first-order valence-electron chi connectivity index (χ1n) is 12.5. The molecule has 1 aromatic carbocycles. The summed E-state index contributed by atoms with van der Waals surface area (Å²) in [4.78, 5) is 32.9. The van der Waals surface area contributed by atoms with Gasteiger partial charge >= 0.3 is 0 Å². The lowest BCUT2D eigenvalue weighted by Gasteiger charge is -2.20. The van der Waals surface area contributed by atoms with Crippen molar-refractivity contribution in [1.29, 1.82) is 0 Å². The van der Waals surface area contributed by atoms with Crippen molar-refractivity contribution in [2.45, 2.75) is 44.6 Å². The molecule has 2 bridgehead atoms. The minimum Gasteiger partial charge on any atom is -0.496 e. The van der Waals surface area contributed by atoms with Crippen LogP contribution < -0.4 is 14.8 Å². The van der Waals surface area contributed by atoms with Crippen molar-refractivity contribution in [3.05, 3.63) is 64.7 Å². The van der Waals surface area contributed by atoms with E-state index in [0.717, 1.165) is 19.3 Å². The number of hydrogen-bond acceptors (Lipinski definition) is 8. The molecule has 0 saturated carbocycles. The van der Waals surface area contributed by atoms with Crippen LogP contribution in [0.4, 0.5) is 0 Å². The number of benzene rings is 1. The topological polar surface area (TPSA) is 121 Å². The average molecular weight is 505 g/mol. The monoisotopic (exact) mass is 504 g/mol. The standard InChI is InChI=1S/C26H28N6O5/c1-35-22-11-17-5-2-4-16(17)10-19(22)26(34)31-13-20-23(14-31)37-15-18-12-32(30-29-18)8-9-36-21-6-3-7-27-24(21)25(33)28-20/h3,6-7,10-12,20,23H,2,4-5,8-9,13-15H2,1H3,(H,28,33)/t20-,23-/m0/s1. The number of likely N-dealkylation sites (tertiary alicyclic amines) is 1. The van der Waals surface area contributed by atoms with Crippen LogP contribution >= 0.6 is 0 Å². The molecule has 2 atom stereocenters. The Labute approximate surface area is 213 Å². The number of amides is 2. The first-order valence-corrected chi connectivity index (χ1v) is 12.5. The van der Waals surface area contributed by atoms with Gasteiger partial charge in [0.2, 0.25) is 0 Å². The Balaban J connectivity index is 1.28. The molecular formula is C26H28N6O5. The van der Waals surface area contributed by atoms with Gasteiger partial charge in [-0.1, -0.05) is 5.21 Å². The molecular weight excluding hydrogens is 476 g/mol. The summed E-state index contributed by atoms with van der Waals surface area (Å²) < 4.78 is 19.3. The van der Waals surface area contributed by atoms with Gasteiger partial charge in [0.15, 0.2) is 11.4 Å². The number of aromatic nitrogens is 4. The summed E-state index contributed by atoms with van der Waals surface area (Å²) in [6, 6.07) is 6.90. The maximum absolute atomic E-state index is 13.7. The number of pyridine rings is 1. The summed E-state index contributed by atoms with van der Waals surface area (Å²) in [7, 11) is 1.58. The summed E-state index contributed by atoms with van der Waals surface area (Å²) in [5.41, 5.74) is 3.80. The van der Waals surface area contributed by atoms with Gasteiger partial charge in [0.05, 0.1) is 44.2 Å². The molecule has 192 valence electrons. The van der Waals surface area contributed by atoms with Crippen LogP contribution in [0.15, 0.2) is 36.7 Å². The van der Waals surface area contributed by atoms with E-state index in [2.05, 4.69) is 20.6 Å². The number of methoxy groups -OCH3 is 1. The van der Waals surface area contributed by atoms with Gasteiger partial charge < -0.3 is 24.4 Å². The predicted octanol–water partition coefficient (Wildman–Crippen LogP) is 1.40. The number of carbonyl (C=O) groups is 2. The molecule has 1 N–H and O–H groups in total. The third-order valence-electron chi connectivity index (χ3n) is 7.11. The van der Waals surface area contributed by atoms with Gasteiger partial charge in [-0.3, -0.25) is 9.59 Å². The second-order valence-corrected chi connectivity index (χ2v) is 9.49. The van der Waals surface area contributed by atoms with Gasteiger partial charge in [-0.15, -0.1) is 5.10 Å². The van der Waals surface area contributed by atoms with E-state index in [4.69, 9.17) is 14.2 Å². The van der Waals surface area contributed by atoms with Crippen molar-refractivity contribution in [3.8, 4) is 11.5 Å². The highest BCUT2D eigenvalue weighted by atomic mass is 16.5. The molecule has 11 heteroatoms. The van der Waals surface area contributed by atoms with E-state index in [0.29, 0.717) is 42.5 Å². The van der Waals surface area contributed by atoms with E-state index < -0.39 is 12.1 Å². The fraction of sp³-hybridized carbons (Fsp3) is 0.423. The smallest absolute Gasteiger partial charge is 0.274 e. The van der Waals surface area contributed by atoms with E-state index >= 15 is 0 Å². The molecule has 1 aliphatic carbocycles. The Morgan fingerprint density at radius 1 is 1.22 bits per heavy atom. The molecule has 3 aromatic rings. The second-order valence-electron chi connectivity index (χ2n) is 9.49. The van der Waals surface area contributed by atoms with Gasteiger partial charge in [-0.05, 0) is 54.7 Å². The molecule has 4 heterocycles. The molecule has 2 aromatic heterocycles. The highest BCUT2D eigenvalue weighted by Crippen LogP contribution is 2.32. The zero-order chi connectivity index (χ0) is 25.4. The molecule has 2 amide bonds. The zero-order valence-electron chi connectivity index (χ0n) is 20.6. The maximum atomic E-state index is 13.7. The van der Waals surface area contributed by atoms with E-state index in [9.17, 15) is 9.59 Å². The Morgan fingerprint density at radius 3 is 2.95 bits per heavy atom. The molecule has 0 unspecified atom stereocenters. The number of fused-ring (bicyclic) bond motifs is 5. The summed E-state index contributed by atoms with van der Waals surface area (Å²) in [5, 5.41) is 11.3. The van der Waals surface area contributed by atoms with Crippen LogP contribution in [0.3, 0.4) is 0 Å². The van der Waals surface area contributed by atoms with Crippen molar-refractivity contribution < 1.29 is 23.8 Å². The Bertz CT molecular complexity index is 1340. The van der Waals surface area contributed by atoms with Crippen LogP contribution in [-0.2, 0) is 30.7 Å². The maximum Gasteiger partial charge on any atom is 0.274 e. The Kier molecular flexibility index (Phi) is 6.21. The highest BCUT2D eigenvalue weighted by molar-refractivity contribution is 5.98. The number of nitrogens with one attached hydrogen (secondary N) is 1. The zero-order valence-corrected chi connectivity index (χ0v) is 20.6. The molecule has 37 heavy (non-hydrogen) atoms. The fourth-order valence-corrected chi connectivity index (χ4v) is 5.22. The van der Waals surface area contributed by atoms with Crippen molar-refractivity contribution in [2.75, 3.05) is 26.8 Å². The van der Waals surface area contributed by atoms with Gasteiger partial charge in [-0.2, -0.15) is 0 Å². The van der Waals surface area contributed by atoms with Gasteiger partial charge in [0.25, 0.3) is 11.8 Å². The lowest BCUT2D eigenvalue weighted by atomic mass is 10.0. The van der Waals surface area contributed by atoms with Crippen molar-refractivity contribution in [2.24, 2.45) is 0 Å². The summed E-state index contributed by atoms with van der Waals surface area (Å²) in [5.74, 6) is 0.416. The largest absolute Gasteiger partial charge is 0.496 e. The lowest BCUT2D eigenvalue weighted by Crippen LogP contribution is -2.44. The molecule has 6 rings (SSSR count). The van der Waals surface area contributed by atoms with Crippen LogP contribution in [0.25, 0.3) is 0 Å². The number of nitrogens with zero attached hydrogens (tertiary/aromatic N) is 5. The Hall–Kier alpha value is -3.99. The fourth-order valence-electron chi connectivity index (χ4n) is 5.22. The van der Waals surface area contributed by atoms with Gasteiger partial charge in [0.1, 0.15) is 18.1 Å². The third kappa shape index (κ3) is 4.62. The van der Waals surface area contributed by atoms with Crippen molar-refractivity contribution >= 4 is 11.8 Å². The molecule has 3 aliphatic rings. The lowest BCUT2D eigenvalue weighted by molar-refractivity contribution is 0.0289. The summed E-state index contributed by atoms with van der Waals surface area (Å²) in [6.45, 7) is 1.55. The number of rotatable bonds is 2.